The van der Waals surface area contributed by atoms with Gasteiger partial charge in [0, 0.05) is 0 Å². The normalized spacial score (nSPS) is 11.5. The van der Waals surface area contributed by atoms with Gasteiger partial charge in [0.05, 0.1) is 0 Å². The van der Waals surface area contributed by atoms with E-state index in [4.69, 9.17) is 17.0 Å². The zero-order valence-electron chi connectivity index (χ0n) is 30.9. The molecule has 8 rings (SSSR count). The van der Waals surface area contributed by atoms with Crippen LogP contribution in [0.5, 0.6) is 0 Å². The van der Waals surface area contributed by atoms with Gasteiger partial charge < -0.3 is 0 Å². The molecule has 8 aromatic carbocycles. The summed E-state index contributed by atoms with van der Waals surface area (Å²) >= 11 is -2.44. The van der Waals surface area contributed by atoms with Crippen LogP contribution >= 0.6 is 17.0 Å². The molecule has 0 saturated carbocycles. The van der Waals surface area contributed by atoms with Gasteiger partial charge in [0.2, 0.25) is 0 Å². The minimum absolute atomic E-state index is 0.203. The fourth-order valence-corrected chi connectivity index (χ4v) is 11.0. The summed E-state index contributed by atoms with van der Waals surface area (Å²) in [6.45, 7) is 13.6. The van der Waals surface area contributed by atoms with E-state index in [9.17, 15) is 0 Å². The summed E-state index contributed by atoms with van der Waals surface area (Å²) in [4.78, 5) is 0. The second kappa shape index (κ2) is 16.4. The van der Waals surface area contributed by atoms with Crippen LogP contribution in [0.2, 0.25) is 0 Å². The van der Waals surface area contributed by atoms with Gasteiger partial charge in [-0.1, -0.05) is 131 Å². The van der Waals surface area contributed by atoms with E-state index in [0.29, 0.717) is 0 Å². The molecule has 0 bridgehead atoms. The van der Waals surface area contributed by atoms with Crippen LogP contribution in [-0.2, 0) is 29.7 Å². The van der Waals surface area contributed by atoms with Crippen molar-refractivity contribution in [2.75, 3.05) is 0 Å². The molecule has 0 aliphatic heterocycles. The number of benzene rings is 6. The van der Waals surface area contributed by atoms with Crippen molar-refractivity contribution < 1.29 is 18.9 Å². The van der Waals surface area contributed by atoms with Crippen molar-refractivity contribution in [1.82, 2.24) is 0 Å². The molecular formula is C49H46Cl2Zr-2. The minimum atomic E-state index is -2.44. The minimum Gasteiger partial charge on any atom is -0.145 e. The molecule has 0 heterocycles. The molecule has 0 aliphatic carbocycles. The molecule has 0 N–H and O–H groups in total. The first kappa shape index (κ1) is 37.9. The topological polar surface area (TPSA) is 0 Å². The van der Waals surface area contributed by atoms with Gasteiger partial charge in [0.15, 0.2) is 0 Å². The van der Waals surface area contributed by atoms with Crippen LogP contribution in [0.4, 0.5) is 0 Å². The monoisotopic (exact) mass is 794 g/mol. The standard InChI is InChI=1S/C21H25.C15H11.C13H10.2ClH.Zr/c1-20(2,3)16-7-9-18-14(12-16)11-15-13-17(21(4,5)6)8-10-19(15)18;1-2-6-12(7-3-1)15-10-13-8-4-5-9-14(13)11-15;1-3-7-12(8-4-1)11-13-9-5-2-6-10-13;;;/h7-13H,1-6H3;1-11H;1-10H;2*1H;/q2*-1;;;;+2/p-2. The first-order valence-electron chi connectivity index (χ1n) is 17.9. The Kier molecular flexibility index (Phi) is 12.0. The van der Waals surface area contributed by atoms with Crippen molar-refractivity contribution in [1.29, 1.82) is 0 Å². The molecule has 0 nitrogen and oxygen atoms in total. The Morgan fingerprint density at radius 3 is 1.35 bits per heavy atom. The van der Waals surface area contributed by atoms with Gasteiger partial charge in [0.1, 0.15) is 0 Å². The van der Waals surface area contributed by atoms with Gasteiger partial charge in [-0.25, -0.2) is 0 Å². The molecule has 0 aromatic heterocycles. The Bertz CT molecular complexity index is 2270. The van der Waals surface area contributed by atoms with E-state index < -0.39 is 18.9 Å². The molecule has 0 saturated heterocycles. The molecule has 0 atom stereocenters. The van der Waals surface area contributed by atoms with Crippen molar-refractivity contribution in [2.45, 2.75) is 52.4 Å². The molecular weight excluding hydrogens is 751 g/mol. The largest absolute Gasteiger partial charge is 0.145 e. The Morgan fingerprint density at radius 1 is 0.462 bits per heavy atom. The predicted octanol–water partition coefficient (Wildman–Crippen LogP) is 14.7. The Morgan fingerprint density at radius 2 is 0.904 bits per heavy atom. The summed E-state index contributed by atoms with van der Waals surface area (Å²) < 4.78 is 1.15. The first-order valence-corrected chi connectivity index (χ1v) is 25.5. The van der Waals surface area contributed by atoms with Crippen LogP contribution in [0, 0.1) is 0 Å². The van der Waals surface area contributed by atoms with Crippen molar-refractivity contribution in [3.05, 3.63) is 192 Å². The molecule has 0 radical (unpaired) electrons. The van der Waals surface area contributed by atoms with Gasteiger partial charge in [-0.05, 0) is 10.8 Å². The first-order chi connectivity index (χ1) is 24.9. The van der Waals surface area contributed by atoms with Crippen molar-refractivity contribution in [3.8, 4) is 11.1 Å². The van der Waals surface area contributed by atoms with Crippen LogP contribution < -0.4 is 0 Å². The number of halogens is 2. The Hall–Kier alpha value is -3.87. The van der Waals surface area contributed by atoms with Gasteiger partial charge in [-0.2, -0.15) is 0 Å². The van der Waals surface area contributed by atoms with Gasteiger partial charge in [-0.15, -0.1) is 74.3 Å². The average molecular weight is 797 g/mol. The molecule has 0 fully saturated rings. The quantitative estimate of drug-likeness (QED) is 0.156. The van der Waals surface area contributed by atoms with E-state index in [-0.39, 0.29) is 10.8 Å². The molecule has 3 heteroatoms. The fraction of sp³-hybridized carbons (Fsp3) is 0.163. The molecule has 262 valence electrons. The second-order valence-electron chi connectivity index (χ2n) is 15.4. The SMILES string of the molecule is CC(C)(C)c1ccc2c(c1)[cH-]c1cc(C(C)(C)C)ccc12.[Cl][Zr]([Cl])=[C](c1ccccc1)c1ccccc1.c1ccc(-c2cc3ccccc3[cH-]2)cc1. The zero-order valence-corrected chi connectivity index (χ0v) is 34.9. The third-order valence-electron chi connectivity index (χ3n) is 9.48. The van der Waals surface area contributed by atoms with Gasteiger partial charge in [-0.3, -0.25) is 0 Å². The van der Waals surface area contributed by atoms with Crippen molar-refractivity contribution >= 4 is 52.5 Å². The van der Waals surface area contributed by atoms with E-state index >= 15 is 0 Å². The number of hydrogen-bond donors (Lipinski definition) is 0. The fourth-order valence-electron chi connectivity index (χ4n) is 6.50. The molecule has 0 amide bonds. The molecule has 0 aliphatic rings. The van der Waals surface area contributed by atoms with Gasteiger partial charge >= 0.3 is 111 Å². The third-order valence-corrected chi connectivity index (χ3v) is 14.1. The predicted molar refractivity (Wildman–Crippen MR) is 227 cm³/mol. The zero-order chi connectivity index (χ0) is 36.9. The molecule has 0 spiro atoms. The van der Waals surface area contributed by atoms with Crippen molar-refractivity contribution in [2.24, 2.45) is 0 Å². The summed E-state index contributed by atoms with van der Waals surface area (Å²) in [5.74, 6) is 0. The summed E-state index contributed by atoms with van der Waals surface area (Å²) in [7, 11) is 12.5. The van der Waals surface area contributed by atoms with E-state index in [1.54, 1.807) is 0 Å². The van der Waals surface area contributed by atoms with Crippen LogP contribution in [0.25, 0.3) is 43.4 Å². The molecule has 52 heavy (non-hydrogen) atoms. The summed E-state index contributed by atoms with van der Waals surface area (Å²) in [6.07, 6.45) is 0. The molecule has 8 aromatic rings. The summed E-state index contributed by atoms with van der Waals surface area (Å²) in [5.41, 5.74) is 8.09. The molecule has 0 unspecified atom stereocenters. The van der Waals surface area contributed by atoms with Crippen LogP contribution in [0.3, 0.4) is 0 Å². The average Bonchev–Trinajstić information content (AvgIpc) is 3.74. The van der Waals surface area contributed by atoms with Gasteiger partial charge in [0.25, 0.3) is 0 Å². The number of hydrogen-bond acceptors (Lipinski definition) is 0. The van der Waals surface area contributed by atoms with E-state index in [1.165, 1.54) is 54.6 Å². The van der Waals surface area contributed by atoms with Crippen LogP contribution in [0.15, 0.2) is 170 Å². The maximum atomic E-state index is 6.24. The Labute approximate surface area is 324 Å². The second-order valence-corrected chi connectivity index (χ2v) is 23.5. The maximum Gasteiger partial charge on any atom is -0.0635 e. The van der Waals surface area contributed by atoms with E-state index in [2.05, 4.69) is 169 Å². The smallest absolute Gasteiger partial charge is 0.0635 e. The maximum absolute atomic E-state index is 6.24. The number of fused-ring (bicyclic) bond motifs is 4. The van der Waals surface area contributed by atoms with Crippen LogP contribution in [-0.4, -0.2) is 3.21 Å². The summed E-state index contributed by atoms with van der Waals surface area (Å²) in [5, 5.41) is 8.11. The van der Waals surface area contributed by atoms with Crippen LogP contribution in [0.1, 0.15) is 63.8 Å². The van der Waals surface area contributed by atoms with E-state index in [1.807, 2.05) is 42.5 Å². The Balaban J connectivity index is 0.000000136. The summed E-state index contributed by atoms with van der Waals surface area (Å²) in [6, 6.07) is 59.9. The number of rotatable bonds is 3. The third kappa shape index (κ3) is 9.19. The van der Waals surface area contributed by atoms with Crippen molar-refractivity contribution in [3.63, 3.8) is 0 Å². The van der Waals surface area contributed by atoms with E-state index in [0.717, 1.165) is 14.3 Å².